The molecule has 6 nitrogen and oxygen atoms in total. The van der Waals surface area contributed by atoms with Gasteiger partial charge < -0.3 is 15.8 Å². The van der Waals surface area contributed by atoms with Crippen LogP contribution < -0.4 is 5.73 Å². The van der Waals surface area contributed by atoms with Crippen LogP contribution in [0.25, 0.3) is 10.9 Å². The molecule has 2 heterocycles. The second-order valence-corrected chi connectivity index (χ2v) is 7.06. The zero-order valence-corrected chi connectivity index (χ0v) is 11.7. The smallest absolute Gasteiger partial charge is 0.245 e. The van der Waals surface area contributed by atoms with Crippen molar-refractivity contribution in [3.05, 3.63) is 24.4 Å². The van der Waals surface area contributed by atoms with E-state index in [0.29, 0.717) is 36.1 Å². The van der Waals surface area contributed by atoms with E-state index in [1.54, 1.807) is 18.2 Å². The van der Waals surface area contributed by atoms with E-state index < -0.39 is 10.0 Å². The van der Waals surface area contributed by atoms with Gasteiger partial charge in [-0.3, -0.25) is 0 Å². The number of H-pyrrole nitrogens is 1. The summed E-state index contributed by atoms with van der Waals surface area (Å²) in [5.74, 6) is 0.0330. The molecular formula is C13H17N3O3S. The van der Waals surface area contributed by atoms with Crippen LogP contribution in [-0.2, 0) is 10.0 Å². The third-order valence-electron chi connectivity index (χ3n) is 3.79. The summed E-state index contributed by atoms with van der Waals surface area (Å²) in [5.41, 5.74) is 6.99. The van der Waals surface area contributed by atoms with Crippen molar-refractivity contribution in [2.24, 2.45) is 5.92 Å². The number of benzene rings is 1. The van der Waals surface area contributed by atoms with E-state index >= 15 is 0 Å². The van der Waals surface area contributed by atoms with Gasteiger partial charge in [-0.05, 0) is 30.5 Å². The quantitative estimate of drug-likeness (QED) is 0.728. The highest BCUT2D eigenvalue weighted by molar-refractivity contribution is 7.89. The first-order chi connectivity index (χ1) is 9.52. The first kappa shape index (κ1) is 13.4. The monoisotopic (exact) mass is 295 g/mol. The van der Waals surface area contributed by atoms with Gasteiger partial charge in [-0.25, -0.2) is 8.42 Å². The molecule has 1 saturated heterocycles. The lowest BCUT2D eigenvalue weighted by Gasteiger charge is -2.15. The molecule has 0 amide bonds. The Balaban J connectivity index is 2.02. The fourth-order valence-electron chi connectivity index (χ4n) is 2.63. The summed E-state index contributed by atoms with van der Waals surface area (Å²) in [7, 11) is -3.53. The number of rotatable bonds is 3. The van der Waals surface area contributed by atoms with Crippen LogP contribution in [0.1, 0.15) is 6.42 Å². The number of nitrogens with two attached hydrogens (primary N) is 1. The lowest BCUT2D eigenvalue weighted by molar-refractivity contribution is 0.233. The van der Waals surface area contributed by atoms with Crippen LogP contribution >= 0.6 is 0 Å². The summed E-state index contributed by atoms with van der Waals surface area (Å²) in [6.45, 7) is 0.853. The van der Waals surface area contributed by atoms with Crippen molar-refractivity contribution >= 4 is 26.6 Å². The number of fused-ring (bicyclic) bond motifs is 1. The third-order valence-corrected chi connectivity index (χ3v) is 5.70. The lowest BCUT2D eigenvalue weighted by atomic mass is 10.1. The van der Waals surface area contributed by atoms with E-state index in [4.69, 9.17) is 10.8 Å². The summed E-state index contributed by atoms with van der Waals surface area (Å²) in [6.07, 6.45) is 2.21. The van der Waals surface area contributed by atoms with Crippen molar-refractivity contribution in [3.63, 3.8) is 0 Å². The van der Waals surface area contributed by atoms with Gasteiger partial charge in [0.15, 0.2) is 0 Å². The average molecular weight is 295 g/mol. The molecule has 1 fully saturated rings. The first-order valence-electron chi connectivity index (χ1n) is 6.50. The number of nitrogen functional groups attached to an aromatic ring is 1. The maximum atomic E-state index is 12.6. The van der Waals surface area contributed by atoms with E-state index in [0.717, 1.165) is 0 Å². The van der Waals surface area contributed by atoms with Crippen LogP contribution in [0.2, 0.25) is 0 Å². The molecule has 1 aromatic carbocycles. The molecule has 0 spiro atoms. The molecule has 0 saturated carbocycles. The summed E-state index contributed by atoms with van der Waals surface area (Å²) in [4.78, 5) is 3.22. The SMILES string of the molecule is Nc1ccc2c(S(=O)(=O)N3CCC(CO)C3)c[nH]c2c1. The fraction of sp³-hybridized carbons (Fsp3) is 0.385. The molecule has 0 bridgehead atoms. The van der Waals surface area contributed by atoms with Crippen molar-refractivity contribution in [3.8, 4) is 0 Å². The molecule has 1 aromatic heterocycles. The molecule has 1 aliphatic heterocycles. The second-order valence-electron chi connectivity index (χ2n) is 5.16. The summed E-state index contributed by atoms with van der Waals surface area (Å²) >= 11 is 0. The fourth-order valence-corrected chi connectivity index (χ4v) is 4.33. The van der Waals surface area contributed by atoms with Crippen LogP contribution in [0.15, 0.2) is 29.3 Å². The van der Waals surface area contributed by atoms with Crippen molar-refractivity contribution < 1.29 is 13.5 Å². The highest BCUT2D eigenvalue weighted by atomic mass is 32.2. The number of anilines is 1. The van der Waals surface area contributed by atoms with Crippen LogP contribution in [0.5, 0.6) is 0 Å². The van der Waals surface area contributed by atoms with Gasteiger partial charge in [0.05, 0.1) is 0 Å². The van der Waals surface area contributed by atoms with Crippen molar-refractivity contribution in [1.29, 1.82) is 0 Å². The van der Waals surface area contributed by atoms with E-state index in [2.05, 4.69) is 4.98 Å². The van der Waals surface area contributed by atoms with Crippen molar-refractivity contribution in [1.82, 2.24) is 9.29 Å². The Morgan fingerprint density at radius 1 is 1.45 bits per heavy atom. The molecular weight excluding hydrogens is 278 g/mol. The molecule has 1 unspecified atom stereocenters. The van der Waals surface area contributed by atoms with Crippen LogP contribution in [-0.4, -0.2) is 42.5 Å². The molecule has 1 aliphatic rings. The maximum Gasteiger partial charge on any atom is 0.245 e. The van der Waals surface area contributed by atoms with Gasteiger partial charge in [-0.1, -0.05) is 0 Å². The zero-order chi connectivity index (χ0) is 14.3. The summed E-state index contributed by atoms with van der Waals surface area (Å²) in [6, 6.07) is 5.12. The number of aromatic nitrogens is 1. The van der Waals surface area contributed by atoms with E-state index in [-0.39, 0.29) is 17.4 Å². The van der Waals surface area contributed by atoms with Gasteiger partial charge in [0.1, 0.15) is 4.90 Å². The number of nitrogens with one attached hydrogen (secondary N) is 1. The highest BCUT2D eigenvalue weighted by Gasteiger charge is 2.33. The number of sulfonamides is 1. The van der Waals surface area contributed by atoms with Gasteiger partial charge >= 0.3 is 0 Å². The van der Waals surface area contributed by atoms with Gasteiger partial charge in [0, 0.05) is 42.5 Å². The van der Waals surface area contributed by atoms with Gasteiger partial charge in [-0.15, -0.1) is 0 Å². The minimum absolute atomic E-state index is 0.0242. The Hall–Kier alpha value is -1.57. The molecule has 0 radical (unpaired) electrons. The maximum absolute atomic E-state index is 12.6. The third kappa shape index (κ3) is 2.07. The summed E-state index contributed by atoms with van der Waals surface area (Å²) < 4.78 is 26.7. The Morgan fingerprint density at radius 3 is 2.95 bits per heavy atom. The topological polar surface area (TPSA) is 99.4 Å². The Kier molecular flexibility index (Phi) is 3.19. The molecule has 108 valence electrons. The second kappa shape index (κ2) is 4.76. The van der Waals surface area contributed by atoms with Gasteiger partial charge in [-0.2, -0.15) is 4.31 Å². The number of hydrogen-bond donors (Lipinski definition) is 3. The lowest BCUT2D eigenvalue weighted by Crippen LogP contribution is -2.29. The first-order valence-corrected chi connectivity index (χ1v) is 7.94. The minimum atomic E-state index is -3.53. The average Bonchev–Trinajstić information content (AvgIpc) is 3.04. The van der Waals surface area contributed by atoms with E-state index in [1.807, 2.05) is 0 Å². The molecule has 20 heavy (non-hydrogen) atoms. The predicted octanol–water partition coefficient (Wildman–Crippen LogP) is 0.753. The number of aromatic amines is 1. The van der Waals surface area contributed by atoms with E-state index in [9.17, 15) is 8.42 Å². The molecule has 1 atom stereocenters. The molecule has 7 heteroatoms. The van der Waals surface area contributed by atoms with Gasteiger partial charge in [0.2, 0.25) is 10.0 Å². The Morgan fingerprint density at radius 2 is 2.25 bits per heavy atom. The number of nitrogens with zero attached hydrogens (tertiary/aromatic N) is 1. The molecule has 0 aliphatic carbocycles. The standard InChI is InChI=1S/C13H17N3O3S/c14-10-1-2-11-12(5-10)15-6-13(11)20(18,19)16-4-3-9(7-16)8-17/h1-2,5-6,9,15,17H,3-4,7-8,14H2. The number of hydrogen-bond acceptors (Lipinski definition) is 4. The van der Waals surface area contributed by atoms with Crippen LogP contribution in [0, 0.1) is 5.92 Å². The minimum Gasteiger partial charge on any atom is -0.399 e. The molecule has 4 N–H and O–H groups in total. The predicted molar refractivity (Wildman–Crippen MR) is 76.7 cm³/mol. The summed E-state index contributed by atoms with van der Waals surface area (Å²) in [5, 5.41) is 9.79. The van der Waals surface area contributed by atoms with E-state index in [1.165, 1.54) is 10.5 Å². The van der Waals surface area contributed by atoms with Crippen LogP contribution in [0.3, 0.4) is 0 Å². The Labute approximate surface area is 117 Å². The number of aliphatic hydroxyl groups is 1. The zero-order valence-electron chi connectivity index (χ0n) is 10.9. The molecule has 2 aromatic rings. The number of aliphatic hydroxyl groups excluding tert-OH is 1. The highest BCUT2D eigenvalue weighted by Crippen LogP contribution is 2.29. The van der Waals surface area contributed by atoms with Crippen LogP contribution in [0.4, 0.5) is 5.69 Å². The van der Waals surface area contributed by atoms with Crippen molar-refractivity contribution in [2.45, 2.75) is 11.3 Å². The Bertz CT molecular complexity index is 738. The largest absolute Gasteiger partial charge is 0.399 e. The van der Waals surface area contributed by atoms with Gasteiger partial charge in [0.25, 0.3) is 0 Å². The molecule has 3 rings (SSSR count). The normalized spacial score (nSPS) is 20.8. The van der Waals surface area contributed by atoms with Crippen molar-refractivity contribution in [2.75, 3.05) is 25.4 Å².